The second-order valence-corrected chi connectivity index (χ2v) is 9.31. The number of aryl methyl sites for hydroxylation is 1. The number of hydrogen-bond donors (Lipinski definition) is 1. The van der Waals surface area contributed by atoms with Gasteiger partial charge in [0.2, 0.25) is 0 Å². The van der Waals surface area contributed by atoms with E-state index < -0.39 is 0 Å². The molecule has 2 aromatic carbocycles. The number of hydrogen-bond acceptors (Lipinski definition) is 4. The maximum Gasteiger partial charge on any atom is 0.258 e. The fourth-order valence-electron chi connectivity index (χ4n) is 3.75. The van der Waals surface area contributed by atoms with Crippen molar-refractivity contribution >= 4 is 46.5 Å². The lowest BCUT2D eigenvalue weighted by molar-refractivity contribution is -0.125. The lowest BCUT2D eigenvalue weighted by atomic mass is 9.83. The molecule has 2 aromatic rings. The van der Waals surface area contributed by atoms with Crippen molar-refractivity contribution in [1.29, 1.82) is 0 Å². The monoisotopic (exact) mass is 497 g/mol. The Balaban J connectivity index is 1.33. The first-order valence-electron chi connectivity index (χ1n) is 10.6. The normalized spacial score (nSPS) is 18.1. The van der Waals surface area contributed by atoms with Gasteiger partial charge in [-0.2, -0.15) is 0 Å². The fourth-order valence-corrected chi connectivity index (χ4v) is 4.15. The standard InChI is InChI=1S/C24H26Cl3NO4/c1-15-10-19(6-8-21(15)25)31-13-18(29)11-16-2-4-17(5-3-16)28-24(30)14-32-20-7-9-22(26)23(27)12-20/h6-10,12,16-17H,2-5,11,13-14H2,1H3,(H,28,30). The van der Waals surface area contributed by atoms with Gasteiger partial charge in [0, 0.05) is 23.6 Å². The molecule has 1 aliphatic rings. The van der Waals surface area contributed by atoms with Crippen LogP contribution in [-0.2, 0) is 9.59 Å². The van der Waals surface area contributed by atoms with Gasteiger partial charge in [-0.1, -0.05) is 34.8 Å². The molecule has 0 saturated heterocycles. The van der Waals surface area contributed by atoms with E-state index in [1.165, 1.54) is 0 Å². The molecule has 0 aromatic heterocycles. The molecule has 3 rings (SSSR count). The zero-order valence-electron chi connectivity index (χ0n) is 17.8. The van der Waals surface area contributed by atoms with Gasteiger partial charge >= 0.3 is 0 Å². The number of carbonyl (C=O) groups excluding carboxylic acids is 2. The third kappa shape index (κ3) is 7.58. The zero-order valence-corrected chi connectivity index (χ0v) is 20.1. The van der Waals surface area contributed by atoms with Crippen LogP contribution in [0.25, 0.3) is 0 Å². The lowest BCUT2D eigenvalue weighted by Crippen LogP contribution is -2.40. The molecule has 172 valence electrons. The Morgan fingerprint density at radius 3 is 2.16 bits per heavy atom. The van der Waals surface area contributed by atoms with Gasteiger partial charge in [0.05, 0.1) is 10.0 Å². The second-order valence-electron chi connectivity index (χ2n) is 8.09. The largest absolute Gasteiger partial charge is 0.486 e. The van der Waals surface area contributed by atoms with Crippen LogP contribution in [0.4, 0.5) is 0 Å². The molecule has 0 aliphatic heterocycles. The molecule has 0 bridgehead atoms. The first kappa shape index (κ1) is 24.7. The summed E-state index contributed by atoms with van der Waals surface area (Å²) >= 11 is 17.8. The summed E-state index contributed by atoms with van der Waals surface area (Å²) in [7, 11) is 0. The average Bonchev–Trinajstić information content (AvgIpc) is 2.77. The zero-order chi connectivity index (χ0) is 23.1. The van der Waals surface area contributed by atoms with E-state index in [1.807, 2.05) is 13.0 Å². The quantitative estimate of drug-likeness (QED) is 0.457. The van der Waals surface area contributed by atoms with Crippen molar-refractivity contribution in [2.24, 2.45) is 5.92 Å². The summed E-state index contributed by atoms with van der Waals surface area (Å²) < 4.78 is 11.1. The van der Waals surface area contributed by atoms with Crippen LogP contribution in [0.1, 0.15) is 37.7 Å². The van der Waals surface area contributed by atoms with E-state index in [-0.39, 0.29) is 30.9 Å². The van der Waals surface area contributed by atoms with Crippen LogP contribution >= 0.6 is 34.8 Å². The average molecular weight is 499 g/mol. The summed E-state index contributed by atoms with van der Waals surface area (Å²) in [6.07, 6.45) is 3.96. The van der Waals surface area contributed by atoms with E-state index in [1.54, 1.807) is 30.3 Å². The Bertz CT molecular complexity index is 881. The van der Waals surface area contributed by atoms with E-state index in [9.17, 15) is 9.59 Å². The first-order valence-corrected chi connectivity index (χ1v) is 11.7. The van der Waals surface area contributed by atoms with Crippen LogP contribution in [0.3, 0.4) is 0 Å². The van der Waals surface area contributed by atoms with Crippen LogP contribution in [0, 0.1) is 12.8 Å². The minimum absolute atomic E-state index is 0.0593. The van der Waals surface area contributed by atoms with Gasteiger partial charge in [0.1, 0.15) is 18.1 Å². The van der Waals surface area contributed by atoms with Gasteiger partial charge in [-0.25, -0.2) is 0 Å². The van der Waals surface area contributed by atoms with Crippen LogP contribution < -0.4 is 14.8 Å². The molecule has 32 heavy (non-hydrogen) atoms. The van der Waals surface area contributed by atoms with Gasteiger partial charge < -0.3 is 14.8 Å². The van der Waals surface area contributed by atoms with Gasteiger partial charge in [0.15, 0.2) is 12.4 Å². The number of rotatable bonds is 9. The number of halogens is 3. The van der Waals surface area contributed by atoms with Crippen molar-refractivity contribution in [2.75, 3.05) is 13.2 Å². The van der Waals surface area contributed by atoms with E-state index in [4.69, 9.17) is 44.3 Å². The predicted octanol–water partition coefficient (Wildman–Crippen LogP) is 6.05. The molecule has 8 heteroatoms. The smallest absolute Gasteiger partial charge is 0.258 e. The van der Waals surface area contributed by atoms with Crippen LogP contribution in [0.5, 0.6) is 11.5 Å². The SMILES string of the molecule is Cc1cc(OCC(=O)CC2CCC(NC(=O)COc3ccc(Cl)c(Cl)c3)CC2)ccc1Cl. The Labute approximate surface area is 203 Å². The highest BCUT2D eigenvalue weighted by atomic mass is 35.5. The van der Waals surface area contributed by atoms with E-state index in [0.29, 0.717) is 38.9 Å². The predicted molar refractivity (Wildman–Crippen MR) is 127 cm³/mol. The van der Waals surface area contributed by atoms with Gasteiger partial charge in [0.25, 0.3) is 5.91 Å². The summed E-state index contributed by atoms with van der Waals surface area (Å²) in [5.41, 5.74) is 0.916. The van der Waals surface area contributed by atoms with E-state index >= 15 is 0 Å². The summed E-state index contributed by atoms with van der Waals surface area (Å²) in [6.45, 7) is 1.87. The van der Waals surface area contributed by atoms with Crippen molar-refractivity contribution in [3.63, 3.8) is 0 Å². The van der Waals surface area contributed by atoms with Crippen molar-refractivity contribution < 1.29 is 19.1 Å². The van der Waals surface area contributed by atoms with Gasteiger partial charge in [-0.15, -0.1) is 0 Å². The molecule has 0 atom stereocenters. The molecular weight excluding hydrogens is 473 g/mol. The molecule has 1 saturated carbocycles. The summed E-state index contributed by atoms with van der Waals surface area (Å²) in [4.78, 5) is 24.5. The maximum absolute atomic E-state index is 12.3. The highest BCUT2D eigenvalue weighted by Crippen LogP contribution is 2.28. The first-order chi connectivity index (χ1) is 15.3. The summed E-state index contributed by atoms with van der Waals surface area (Å²) in [5.74, 6) is 1.36. The number of Topliss-reactive ketones (excluding diaryl/α,β-unsaturated/α-hetero) is 1. The van der Waals surface area contributed by atoms with E-state index in [2.05, 4.69) is 5.32 Å². The minimum Gasteiger partial charge on any atom is -0.486 e. The third-order valence-electron chi connectivity index (χ3n) is 5.52. The number of benzene rings is 2. The highest BCUT2D eigenvalue weighted by molar-refractivity contribution is 6.42. The van der Waals surface area contributed by atoms with Crippen molar-refractivity contribution in [2.45, 2.75) is 45.1 Å². The maximum atomic E-state index is 12.3. The van der Waals surface area contributed by atoms with Crippen molar-refractivity contribution in [3.05, 3.63) is 57.0 Å². The Morgan fingerprint density at radius 1 is 0.875 bits per heavy atom. The molecule has 0 unspecified atom stereocenters. The number of carbonyl (C=O) groups is 2. The minimum atomic E-state index is -0.178. The highest BCUT2D eigenvalue weighted by Gasteiger charge is 2.24. The number of amides is 1. The molecule has 1 aliphatic carbocycles. The molecule has 5 nitrogen and oxygen atoms in total. The van der Waals surface area contributed by atoms with Gasteiger partial charge in [-0.05, 0) is 74.4 Å². The van der Waals surface area contributed by atoms with Crippen LogP contribution in [0.15, 0.2) is 36.4 Å². The molecular formula is C24H26Cl3NO4. The van der Waals surface area contributed by atoms with Crippen molar-refractivity contribution in [3.8, 4) is 11.5 Å². The molecule has 1 fully saturated rings. The van der Waals surface area contributed by atoms with Crippen LogP contribution in [0.2, 0.25) is 15.1 Å². The molecule has 0 spiro atoms. The van der Waals surface area contributed by atoms with E-state index in [0.717, 1.165) is 31.2 Å². The summed E-state index contributed by atoms with van der Waals surface area (Å²) in [6, 6.07) is 10.3. The number of ether oxygens (including phenoxy) is 2. The molecule has 0 heterocycles. The fraction of sp³-hybridized carbons (Fsp3) is 0.417. The summed E-state index contributed by atoms with van der Waals surface area (Å²) in [5, 5.41) is 4.49. The van der Waals surface area contributed by atoms with Gasteiger partial charge in [-0.3, -0.25) is 9.59 Å². The lowest BCUT2D eigenvalue weighted by Gasteiger charge is -2.28. The van der Waals surface area contributed by atoms with Crippen LogP contribution in [-0.4, -0.2) is 30.9 Å². The Morgan fingerprint density at radius 2 is 1.50 bits per heavy atom. The number of ketones is 1. The Kier molecular flexibility index (Phi) is 9.09. The van der Waals surface area contributed by atoms with Crippen molar-refractivity contribution in [1.82, 2.24) is 5.32 Å². The third-order valence-corrected chi connectivity index (χ3v) is 6.68. The number of nitrogens with one attached hydrogen (secondary N) is 1. The molecule has 0 radical (unpaired) electrons. The molecule has 1 N–H and O–H groups in total. The molecule has 1 amide bonds. The topological polar surface area (TPSA) is 64.6 Å². The second kappa shape index (κ2) is 11.8. The Hall–Kier alpha value is -1.95.